The molecule has 4 nitrogen and oxygen atoms in total. The molecule has 0 bridgehead atoms. The number of nitrogens with zero attached hydrogens (tertiary/aromatic N) is 1. The molecule has 3 rings (SSSR count). The first kappa shape index (κ1) is 16.0. The number of para-hydroxylation sites is 1. The van der Waals surface area contributed by atoms with E-state index >= 15 is 0 Å². The molecule has 124 valence electrons. The first-order chi connectivity index (χ1) is 11.3. The van der Waals surface area contributed by atoms with Crippen LogP contribution in [-0.4, -0.2) is 10.9 Å². The van der Waals surface area contributed by atoms with Crippen LogP contribution in [0.4, 0.5) is 18.9 Å². The summed E-state index contributed by atoms with van der Waals surface area (Å²) in [6.07, 6.45) is -3.53. The van der Waals surface area contributed by atoms with Gasteiger partial charge in [0.15, 0.2) is 0 Å². The van der Waals surface area contributed by atoms with Gasteiger partial charge in [-0.05, 0) is 31.2 Å². The van der Waals surface area contributed by atoms with E-state index in [1.807, 2.05) is 18.2 Å². The van der Waals surface area contributed by atoms with Gasteiger partial charge in [-0.15, -0.1) is 0 Å². The van der Waals surface area contributed by atoms with Crippen LogP contribution in [0.25, 0.3) is 11.0 Å². The Morgan fingerprint density at radius 3 is 2.58 bits per heavy atom. The van der Waals surface area contributed by atoms with Crippen molar-refractivity contribution < 1.29 is 22.4 Å². The minimum atomic E-state index is -4.51. The molecule has 1 atom stereocenters. The van der Waals surface area contributed by atoms with Gasteiger partial charge in [0.05, 0.1) is 17.8 Å². The summed E-state index contributed by atoms with van der Waals surface area (Å²) in [6.45, 7) is 1.66. The lowest BCUT2D eigenvalue weighted by molar-refractivity contribution is -0.141. The third kappa shape index (κ3) is 3.24. The summed E-state index contributed by atoms with van der Waals surface area (Å²) in [6, 6.07) is 11.1. The number of halogens is 3. The summed E-state index contributed by atoms with van der Waals surface area (Å²) in [4.78, 5) is 15.6. The van der Waals surface area contributed by atoms with Crippen molar-refractivity contribution >= 4 is 22.6 Å². The number of alkyl halides is 3. The Kier molecular flexibility index (Phi) is 4.01. The lowest BCUT2D eigenvalue weighted by atomic mass is 10.1. The summed E-state index contributed by atoms with van der Waals surface area (Å²) in [5.41, 5.74) is -0.148. The number of pyridine rings is 1. The molecule has 0 saturated heterocycles. The molecule has 0 unspecified atom stereocenters. The number of fused-ring (bicyclic) bond motifs is 1. The monoisotopic (exact) mass is 334 g/mol. The molecule has 2 aromatic heterocycles. The van der Waals surface area contributed by atoms with E-state index in [1.54, 1.807) is 19.1 Å². The van der Waals surface area contributed by atoms with E-state index in [-0.39, 0.29) is 5.69 Å². The highest BCUT2D eigenvalue weighted by Gasteiger charge is 2.32. The predicted molar refractivity (Wildman–Crippen MR) is 82.5 cm³/mol. The second kappa shape index (κ2) is 5.99. The standard InChI is InChI=1S/C17H13F3N2O2/c1-10(14-8-11-4-2-3-5-13(11)24-14)16(23)22-12-6-7-15(21-9-12)17(18,19)20/h2-10H,1H3,(H,22,23)/t10-/m0/s1. The Bertz CT molecular complexity index is 836. The number of aromatic nitrogens is 1. The van der Waals surface area contributed by atoms with Crippen LogP contribution in [0.15, 0.2) is 53.1 Å². The number of benzene rings is 1. The number of carbonyl (C=O) groups excluding carboxylic acids is 1. The van der Waals surface area contributed by atoms with E-state index in [0.29, 0.717) is 11.3 Å². The van der Waals surface area contributed by atoms with Gasteiger partial charge in [0.1, 0.15) is 17.0 Å². The topological polar surface area (TPSA) is 55.1 Å². The minimum absolute atomic E-state index is 0.191. The summed E-state index contributed by atoms with van der Waals surface area (Å²) >= 11 is 0. The van der Waals surface area contributed by atoms with Gasteiger partial charge in [0, 0.05) is 5.39 Å². The van der Waals surface area contributed by atoms with Gasteiger partial charge >= 0.3 is 6.18 Å². The van der Waals surface area contributed by atoms with Gasteiger partial charge in [0.25, 0.3) is 0 Å². The zero-order valence-electron chi connectivity index (χ0n) is 12.6. The highest BCUT2D eigenvalue weighted by molar-refractivity contribution is 5.95. The van der Waals surface area contributed by atoms with Crippen molar-refractivity contribution in [3.05, 3.63) is 60.1 Å². The summed E-state index contributed by atoms with van der Waals surface area (Å²) in [5, 5.41) is 3.41. The first-order valence-corrected chi connectivity index (χ1v) is 7.17. The molecule has 1 aromatic carbocycles. The van der Waals surface area contributed by atoms with Crippen LogP contribution < -0.4 is 5.32 Å². The van der Waals surface area contributed by atoms with Crippen LogP contribution in [0.2, 0.25) is 0 Å². The van der Waals surface area contributed by atoms with E-state index in [2.05, 4.69) is 10.3 Å². The van der Waals surface area contributed by atoms with Crippen molar-refractivity contribution in [3.63, 3.8) is 0 Å². The molecule has 7 heteroatoms. The van der Waals surface area contributed by atoms with E-state index in [1.165, 1.54) is 6.07 Å². The van der Waals surface area contributed by atoms with Gasteiger partial charge in [-0.25, -0.2) is 4.98 Å². The number of amides is 1. The molecule has 3 aromatic rings. The second-order valence-electron chi connectivity index (χ2n) is 5.33. The van der Waals surface area contributed by atoms with Gasteiger partial charge in [-0.1, -0.05) is 18.2 Å². The smallest absolute Gasteiger partial charge is 0.433 e. The largest absolute Gasteiger partial charge is 0.460 e. The molecule has 0 radical (unpaired) electrons. The van der Waals surface area contributed by atoms with Crippen molar-refractivity contribution in [2.75, 3.05) is 5.32 Å². The number of carbonyl (C=O) groups is 1. The number of hydrogen-bond donors (Lipinski definition) is 1. The first-order valence-electron chi connectivity index (χ1n) is 7.17. The van der Waals surface area contributed by atoms with E-state index < -0.39 is 23.7 Å². The Morgan fingerprint density at radius 1 is 1.21 bits per heavy atom. The van der Waals surface area contributed by atoms with E-state index in [0.717, 1.165) is 17.6 Å². The van der Waals surface area contributed by atoms with Crippen LogP contribution in [-0.2, 0) is 11.0 Å². The molecule has 0 aliphatic rings. The Hall–Kier alpha value is -2.83. The molecule has 0 spiro atoms. The maximum Gasteiger partial charge on any atom is 0.433 e. The molecule has 0 fully saturated rings. The van der Waals surface area contributed by atoms with Crippen LogP contribution in [0, 0.1) is 0 Å². The molecule has 24 heavy (non-hydrogen) atoms. The van der Waals surface area contributed by atoms with E-state index in [4.69, 9.17) is 4.42 Å². The summed E-state index contributed by atoms with van der Waals surface area (Å²) < 4.78 is 43.0. The summed E-state index contributed by atoms with van der Waals surface area (Å²) in [7, 11) is 0. The van der Waals surface area contributed by atoms with Crippen LogP contribution in [0.5, 0.6) is 0 Å². The third-order valence-electron chi connectivity index (χ3n) is 3.59. The molecular weight excluding hydrogens is 321 g/mol. The lowest BCUT2D eigenvalue weighted by Gasteiger charge is -2.11. The SMILES string of the molecule is C[C@H](C(=O)Nc1ccc(C(F)(F)F)nc1)c1cc2ccccc2o1. The van der Waals surface area contributed by atoms with Crippen molar-refractivity contribution in [2.24, 2.45) is 0 Å². The average molecular weight is 334 g/mol. The Balaban J connectivity index is 1.74. The van der Waals surface area contributed by atoms with Gasteiger partial charge in [-0.2, -0.15) is 13.2 Å². The maximum absolute atomic E-state index is 12.5. The molecule has 0 aliphatic carbocycles. The second-order valence-corrected chi connectivity index (χ2v) is 5.33. The summed E-state index contributed by atoms with van der Waals surface area (Å²) in [5.74, 6) is -0.510. The number of furan rings is 1. The average Bonchev–Trinajstić information content (AvgIpc) is 2.97. The predicted octanol–water partition coefficient (Wildman–Crippen LogP) is 4.59. The van der Waals surface area contributed by atoms with Gasteiger partial charge < -0.3 is 9.73 Å². The maximum atomic E-state index is 12.5. The number of nitrogens with one attached hydrogen (secondary N) is 1. The number of anilines is 1. The van der Waals surface area contributed by atoms with Gasteiger partial charge in [0.2, 0.25) is 5.91 Å². The fraction of sp³-hybridized carbons (Fsp3) is 0.176. The van der Waals surface area contributed by atoms with Crippen molar-refractivity contribution in [2.45, 2.75) is 19.0 Å². The van der Waals surface area contributed by atoms with Crippen LogP contribution in [0.3, 0.4) is 0 Å². The van der Waals surface area contributed by atoms with E-state index in [9.17, 15) is 18.0 Å². The molecule has 2 heterocycles. The van der Waals surface area contributed by atoms with Crippen molar-refractivity contribution in [3.8, 4) is 0 Å². The number of rotatable bonds is 3. The molecule has 1 amide bonds. The Morgan fingerprint density at radius 2 is 1.96 bits per heavy atom. The molecular formula is C17H13F3N2O2. The third-order valence-corrected chi connectivity index (χ3v) is 3.59. The highest BCUT2D eigenvalue weighted by atomic mass is 19.4. The Labute approximate surface area is 135 Å². The normalized spacial score (nSPS) is 13.0. The fourth-order valence-corrected chi connectivity index (χ4v) is 2.23. The minimum Gasteiger partial charge on any atom is -0.460 e. The number of hydrogen-bond acceptors (Lipinski definition) is 3. The molecule has 0 aliphatic heterocycles. The van der Waals surface area contributed by atoms with Crippen molar-refractivity contribution in [1.29, 1.82) is 0 Å². The van der Waals surface area contributed by atoms with Crippen LogP contribution in [0.1, 0.15) is 24.3 Å². The fourth-order valence-electron chi connectivity index (χ4n) is 2.23. The quantitative estimate of drug-likeness (QED) is 0.762. The van der Waals surface area contributed by atoms with Crippen LogP contribution >= 0.6 is 0 Å². The molecule has 0 saturated carbocycles. The lowest BCUT2D eigenvalue weighted by Crippen LogP contribution is -2.19. The van der Waals surface area contributed by atoms with Gasteiger partial charge in [-0.3, -0.25) is 4.79 Å². The molecule has 1 N–H and O–H groups in total. The zero-order chi connectivity index (χ0) is 17.3. The zero-order valence-corrected chi connectivity index (χ0v) is 12.6. The highest BCUT2D eigenvalue weighted by Crippen LogP contribution is 2.29. The van der Waals surface area contributed by atoms with Crippen molar-refractivity contribution in [1.82, 2.24) is 4.98 Å².